The van der Waals surface area contributed by atoms with E-state index in [1.54, 1.807) is 0 Å². The zero-order chi connectivity index (χ0) is 12.1. The van der Waals surface area contributed by atoms with Crippen molar-refractivity contribution in [3.8, 4) is 5.75 Å². The maximum Gasteiger partial charge on any atom is 0.122 e. The summed E-state index contributed by atoms with van der Waals surface area (Å²) in [5.41, 5.74) is 1.34. The first-order chi connectivity index (χ1) is 8.33. The smallest absolute Gasteiger partial charge is 0.122 e. The number of benzene rings is 1. The molecule has 1 aromatic rings. The highest BCUT2D eigenvalue weighted by atomic mass is 16.5. The molecule has 0 atom stereocenters. The van der Waals surface area contributed by atoms with Gasteiger partial charge in [-0.15, -0.1) is 0 Å². The van der Waals surface area contributed by atoms with Gasteiger partial charge in [0, 0.05) is 0 Å². The van der Waals surface area contributed by atoms with Gasteiger partial charge in [0.05, 0.1) is 6.10 Å². The van der Waals surface area contributed by atoms with Gasteiger partial charge in [0.25, 0.3) is 0 Å². The zero-order valence-electron chi connectivity index (χ0n) is 11.1. The van der Waals surface area contributed by atoms with Gasteiger partial charge in [-0.05, 0) is 49.7 Å². The lowest BCUT2D eigenvalue weighted by molar-refractivity contribution is 0.129. The fourth-order valence-electron chi connectivity index (χ4n) is 2.75. The predicted octanol–water partition coefficient (Wildman–Crippen LogP) is 4.60. The van der Waals surface area contributed by atoms with Crippen molar-refractivity contribution in [2.24, 2.45) is 5.92 Å². The quantitative estimate of drug-likeness (QED) is 0.737. The largest absolute Gasteiger partial charge is 0.490 e. The third-order valence-corrected chi connectivity index (χ3v) is 4.02. The first kappa shape index (κ1) is 12.5. The highest BCUT2D eigenvalue weighted by Gasteiger charge is 2.21. The fourth-order valence-corrected chi connectivity index (χ4v) is 2.75. The van der Waals surface area contributed by atoms with Crippen molar-refractivity contribution in [3.05, 3.63) is 29.8 Å². The average molecular weight is 232 g/mol. The molecule has 0 radical (unpaired) electrons. The molecule has 1 heteroatoms. The number of hydrogen-bond donors (Lipinski definition) is 0. The minimum absolute atomic E-state index is 0.450. The molecule has 0 heterocycles. The molecule has 0 bridgehead atoms. The van der Waals surface area contributed by atoms with Gasteiger partial charge in [0.15, 0.2) is 0 Å². The summed E-state index contributed by atoms with van der Waals surface area (Å²) >= 11 is 0. The van der Waals surface area contributed by atoms with E-state index < -0.39 is 0 Å². The standard InChI is InChI=1S/C16H24O/c1-3-13-9-11-15(12-10-13)17-16-8-6-5-7-14(16)4-2/h5-8,13,15H,3-4,9-12H2,1-2H3. The van der Waals surface area contributed by atoms with E-state index >= 15 is 0 Å². The van der Waals surface area contributed by atoms with Gasteiger partial charge in [-0.3, -0.25) is 0 Å². The molecule has 1 aromatic carbocycles. The van der Waals surface area contributed by atoms with Crippen molar-refractivity contribution in [1.29, 1.82) is 0 Å². The Labute approximate surface area is 105 Å². The number of ether oxygens (including phenoxy) is 1. The molecule has 1 aliphatic rings. The minimum atomic E-state index is 0.450. The third kappa shape index (κ3) is 3.24. The first-order valence-corrected chi connectivity index (χ1v) is 7.08. The summed E-state index contributed by atoms with van der Waals surface area (Å²) in [4.78, 5) is 0. The van der Waals surface area contributed by atoms with Crippen molar-refractivity contribution >= 4 is 0 Å². The van der Waals surface area contributed by atoms with E-state index in [9.17, 15) is 0 Å². The summed E-state index contributed by atoms with van der Waals surface area (Å²) in [5.74, 6) is 2.05. The van der Waals surface area contributed by atoms with Crippen LogP contribution in [0.4, 0.5) is 0 Å². The highest BCUT2D eigenvalue weighted by Crippen LogP contribution is 2.30. The van der Waals surface area contributed by atoms with Gasteiger partial charge in [0.1, 0.15) is 5.75 Å². The molecule has 0 amide bonds. The first-order valence-electron chi connectivity index (χ1n) is 7.08. The van der Waals surface area contributed by atoms with Crippen LogP contribution in [0.2, 0.25) is 0 Å². The van der Waals surface area contributed by atoms with Crippen LogP contribution in [0.1, 0.15) is 51.5 Å². The molecule has 1 aliphatic carbocycles. The van der Waals surface area contributed by atoms with Crippen LogP contribution in [-0.2, 0) is 6.42 Å². The van der Waals surface area contributed by atoms with Gasteiger partial charge in [0.2, 0.25) is 0 Å². The van der Waals surface area contributed by atoms with Crippen LogP contribution in [0.25, 0.3) is 0 Å². The van der Waals surface area contributed by atoms with Crippen LogP contribution in [0.3, 0.4) is 0 Å². The zero-order valence-corrected chi connectivity index (χ0v) is 11.1. The lowest BCUT2D eigenvalue weighted by atomic mass is 9.86. The van der Waals surface area contributed by atoms with E-state index in [2.05, 4.69) is 38.1 Å². The summed E-state index contributed by atoms with van der Waals surface area (Å²) in [5, 5.41) is 0. The molecule has 0 spiro atoms. The SMILES string of the molecule is CCc1ccccc1OC1CCC(CC)CC1. The molecular weight excluding hydrogens is 208 g/mol. The molecule has 2 rings (SSSR count). The molecule has 0 aliphatic heterocycles. The molecule has 0 unspecified atom stereocenters. The fraction of sp³-hybridized carbons (Fsp3) is 0.625. The van der Waals surface area contributed by atoms with Crippen molar-refractivity contribution in [2.45, 2.75) is 58.5 Å². The molecule has 1 saturated carbocycles. The number of para-hydroxylation sites is 1. The van der Waals surface area contributed by atoms with Crippen LogP contribution in [0, 0.1) is 5.92 Å². The Morgan fingerprint density at radius 3 is 2.41 bits per heavy atom. The van der Waals surface area contributed by atoms with E-state index in [1.807, 2.05) is 0 Å². The van der Waals surface area contributed by atoms with Crippen LogP contribution >= 0.6 is 0 Å². The third-order valence-electron chi connectivity index (χ3n) is 4.02. The number of rotatable bonds is 4. The summed E-state index contributed by atoms with van der Waals surface area (Å²) in [7, 11) is 0. The monoisotopic (exact) mass is 232 g/mol. The summed E-state index contributed by atoms with van der Waals surface area (Å²) in [6, 6.07) is 8.46. The Morgan fingerprint density at radius 2 is 1.76 bits per heavy atom. The Hall–Kier alpha value is -0.980. The molecule has 1 nitrogen and oxygen atoms in total. The number of hydrogen-bond acceptors (Lipinski definition) is 1. The topological polar surface area (TPSA) is 9.23 Å². The van der Waals surface area contributed by atoms with Gasteiger partial charge >= 0.3 is 0 Å². The second-order valence-electron chi connectivity index (χ2n) is 5.13. The maximum absolute atomic E-state index is 6.17. The Kier molecular flexibility index (Phi) is 4.47. The molecule has 0 aromatic heterocycles. The van der Waals surface area contributed by atoms with E-state index in [4.69, 9.17) is 4.74 Å². The van der Waals surface area contributed by atoms with Crippen molar-refractivity contribution in [1.82, 2.24) is 0 Å². The number of aryl methyl sites for hydroxylation is 1. The second kappa shape index (κ2) is 6.09. The van der Waals surface area contributed by atoms with E-state index in [0.29, 0.717) is 6.10 Å². The molecule has 0 saturated heterocycles. The molecule has 1 fully saturated rings. The van der Waals surface area contributed by atoms with E-state index in [0.717, 1.165) is 18.1 Å². The highest BCUT2D eigenvalue weighted by molar-refractivity contribution is 5.33. The maximum atomic E-state index is 6.17. The molecule has 17 heavy (non-hydrogen) atoms. The van der Waals surface area contributed by atoms with Crippen molar-refractivity contribution < 1.29 is 4.74 Å². The van der Waals surface area contributed by atoms with Gasteiger partial charge in [-0.25, -0.2) is 0 Å². The normalized spacial score (nSPS) is 24.6. The average Bonchev–Trinajstić information content (AvgIpc) is 2.40. The predicted molar refractivity (Wildman–Crippen MR) is 72.5 cm³/mol. The summed E-state index contributed by atoms with van der Waals surface area (Å²) in [6.07, 6.45) is 7.99. The lowest BCUT2D eigenvalue weighted by Gasteiger charge is -2.29. The van der Waals surface area contributed by atoms with E-state index in [-0.39, 0.29) is 0 Å². The Balaban J connectivity index is 1.93. The second-order valence-corrected chi connectivity index (χ2v) is 5.13. The molecule has 0 N–H and O–H groups in total. The van der Waals surface area contributed by atoms with Gasteiger partial charge in [-0.1, -0.05) is 38.5 Å². The van der Waals surface area contributed by atoms with Crippen molar-refractivity contribution in [2.75, 3.05) is 0 Å². The Bertz CT molecular complexity index is 337. The van der Waals surface area contributed by atoms with E-state index in [1.165, 1.54) is 37.7 Å². The summed E-state index contributed by atoms with van der Waals surface area (Å²) < 4.78 is 6.17. The minimum Gasteiger partial charge on any atom is -0.490 e. The van der Waals surface area contributed by atoms with Gasteiger partial charge < -0.3 is 4.74 Å². The Morgan fingerprint density at radius 1 is 1.06 bits per heavy atom. The van der Waals surface area contributed by atoms with Crippen LogP contribution in [0.15, 0.2) is 24.3 Å². The van der Waals surface area contributed by atoms with Crippen LogP contribution < -0.4 is 4.74 Å². The molecular formula is C16H24O. The van der Waals surface area contributed by atoms with Gasteiger partial charge in [-0.2, -0.15) is 0 Å². The lowest BCUT2D eigenvalue weighted by Crippen LogP contribution is -2.24. The summed E-state index contributed by atoms with van der Waals surface area (Å²) in [6.45, 7) is 4.49. The van der Waals surface area contributed by atoms with Crippen LogP contribution in [-0.4, -0.2) is 6.10 Å². The van der Waals surface area contributed by atoms with Crippen LogP contribution in [0.5, 0.6) is 5.75 Å². The molecule has 94 valence electrons. The van der Waals surface area contributed by atoms with Crippen molar-refractivity contribution in [3.63, 3.8) is 0 Å².